The third kappa shape index (κ3) is 6.88. The van der Waals surface area contributed by atoms with Gasteiger partial charge in [0.1, 0.15) is 12.2 Å². The van der Waals surface area contributed by atoms with Crippen molar-refractivity contribution in [1.29, 1.82) is 0 Å². The van der Waals surface area contributed by atoms with E-state index < -0.39 is 58.5 Å². The third-order valence-corrected chi connectivity index (χ3v) is 6.71. The van der Waals surface area contributed by atoms with Gasteiger partial charge < -0.3 is 20.3 Å². The summed E-state index contributed by atoms with van der Waals surface area (Å²) in [5, 5.41) is 23.3. The van der Waals surface area contributed by atoms with Crippen molar-refractivity contribution in [2.45, 2.75) is 37.5 Å². The van der Waals surface area contributed by atoms with Crippen molar-refractivity contribution in [3.63, 3.8) is 0 Å². The first-order chi connectivity index (χ1) is 13.3. The van der Waals surface area contributed by atoms with Crippen molar-refractivity contribution in [3.05, 3.63) is 32.6 Å². The van der Waals surface area contributed by atoms with Crippen molar-refractivity contribution in [3.8, 4) is 0 Å². The van der Waals surface area contributed by atoms with Crippen LogP contribution in [-0.4, -0.2) is 89.1 Å². The lowest BCUT2D eigenvalue weighted by Crippen LogP contribution is -2.39. The molecule has 1 fully saturated rings. The summed E-state index contributed by atoms with van der Waals surface area (Å²) in [4.78, 5) is 26.3. The van der Waals surface area contributed by atoms with Crippen LogP contribution in [0.1, 0.15) is 18.2 Å². The number of H-pyrrole nitrogens is 1. The van der Waals surface area contributed by atoms with Crippen LogP contribution < -0.4 is 16.6 Å². The smallest absolute Gasteiger partial charge is 0.330 e. The summed E-state index contributed by atoms with van der Waals surface area (Å²) in [5.41, 5.74) is -1.39. The molecule has 0 amide bonds. The number of hydrogen-bond acceptors (Lipinski definition) is 8. The standard InChI is InChI=1S/C16H28N3O8PS/c1-28(2,3)6-4-11-12(20)13(21)15(27-11)19-9-10(14(22)18-16(19)23)8-17-5-7-29(24,25)26/h9,11-13,15,17,20-21H,1,4-8H2,2-3H3,(H,18,22,23)(H,24,25,26)/t11-,12-,13-,15-/m1/s1. The molecule has 2 heterocycles. The Labute approximate surface area is 168 Å². The van der Waals surface area contributed by atoms with Gasteiger partial charge in [-0.05, 0) is 25.9 Å². The summed E-state index contributed by atoms with van der Waals surface area (Å²) in [6.07, 6.45) is 2.09. The van der Waals surface area contributed by atoms with Gasteiger partial charge >= 0.3 is 5.69 Å². The Morgan fingerprint density at radius 1 is 1.31 bits per heavy atom. The van der Waals surface area contributed by atoms with Crippen molar-refractivity contribution in [2.75, 3.05) is 31.8 Å². The molecule has 0 radical (unpaired) electrons. The molecule has 5 N–H and O–H groups in total. The van der Waals surface area contributed by atoms with E-state index in [2.05, 4.69) is 16.6 Å². The summed E-state index contributed by atoms with van der Waals surface area (Å²) in [5.74, 6) is -0.534. The lowest BCUT2D eigenvalue weighted by Gasteiger charge is -2.19. The molecule has 0 spiro atoms. The van der Waals surface area contributed by atoms with Gasteiger partial charge in [0.15, 0.2) is 6.23 Å². The molecule has 1 aromatic rings. The highest BCUT2D eigenvalue weighted by atomic mass is 32.2. The zero-order chi connectivity index (χ0) is 22.0. The highest BCUT2D eigenvalue weighted by molar-refractivity contribution is 7.85. The number of aromatic amines is 1. The van der Waals surface area contributed by atoms with Gasteiger partial charge in [0, 0.05) is 24.8 Å². The van der Waals surface area contributed by atoms with E-state index in [0.717, 1.165) is 10.7 Å². The lowest BCUT2D eigenvalue weighted by molar-refractivity contribution is -0.0404. The van der Waals surface area contributed by atoms with Crippen LogP contribution in [0.25, 0.3) is 0 Å². The molecule has 1 aliphatic rings. The Bertz CT molecular complexity index is 983. The van der Waals surface area contributed by atoms with Gasteiger partial charge in [0.2, 0.25) is 0 Å². The Morgan fingerprint density at radius 3 is 2.55 bits per heavy atom. The van der Waals surface area contributed by atoms with E-state index in [9.17, 15) is 28.2 Å². The first-order valence-electron chi connectivity index (χ1n) is 8.98. The Balaban J connectivity index is 2.15. The van der Waals surface area contributed by atoms with E-state index >= 15 is 0 Å². The number of nitrogens with zero attached hydrogens (tertiary/aromatic N) is 1. The van der Waals surface area contributed by atoms with Crippen LogP contribution in [-0.2, 0) is 21.4 Å². The zero-order valence-corrected chi connectivity index (χ0v) is 18.0. The van der Waals surface area contributed by atoms with Crippen molar-refractivity contribution >= 4 is 23.3 Å². The minimum atomic E-state index is -4.14. The zero-order valence-electron chi connectivity index (χ0n) is 16.3. The van der Waals surface area contributed by atoms with Crippen LogP contribution in [0, 0.1) is 0 Å². The second kappa shape index (κ2) is 9.25. The largest absolute Gasteiger partial charge is 0.388 e. The van der Waals surface area contributed by atoms with Gasteiger partial charge in [0.25, 0.3) is 15.7 Å². The van der Waals surface area contributed by atoms with Crippen LogP contribution in [0.2, 0.25) is 0 Å². The molecule has 1 aromatic heterocycles. The predicted octanol–water partition coefficient (Wildman–Crippen LogP) is -1.77. The number of rotatable bonds is 9. The summed E-state index contributed by atoms with van der Waals surface area (Å²) in [7, 11) is -4.14. The molecule has 1 aliphatic heterocycles. The SMILES string of the molecule is C=P(C)(C)CC[C@H]1O[C@@H](n2cc(CNCCS(=O)(=O)O)c(=O)[nH]c2=O)[C@H](O)[C@@H]1O. The van der Waals surface area contributed by atoms with E-state index in [1.807, 2.05) is 13.3 Å². The predicted molar refractivity (Wildman–Crippen MR) is 111 cm³/mol. The molecule has 13 heteroatoms. The lowest BCUT2D eigenvalue weighted by atomic mass is 10.1. The van der Waals surface area contributed by atoms with E-state index in [1.54, 1.807) is 0 Å². The Kier molecular flexibility index (Phi) is 7.66. The summed E-state index contributed by atoms with van der Waals surface area (Å²) >= 11 is 0. The van der Waals surface area contributed by atoms with Crippen LogP contribution in [0.5, 0.6) is 0 Å². The quantitative estimate of drug-likeness (QED) is 0.165. The molecule has 4 atom stereocenters. The summed E-state index contributed by atoms with van der Waals surface area (Å²) in [6.45, 7) is 2.52. The van der Waals surface area contributed by atoms with Crippen LogP contribution >= 0.6 is 6.89 Å². The number of hydrogen-bond donors (Lipinski definition) is 5. The van der Waals surface area contributed by atoms with Gasteiger partial charge in [-0.1, -0.05) is 0 Å². The maximum atomic E-state index is 12.2. The second-order valence-corrected chi connectivity index (χ2v) is 13.7. The molecule has 0 unspecified atom stereocenters. The Morgan fingerprint density at radius 2 is 1.97 bits per heavy atom. The fourth-order valence-electron chi connectivity index (χ4n) is 2.94. The normalized spacial score (nSPS) is 25.4. The third-order valence-electron chi connectivity index (χ3n) is 4.52. The van der Waals surface area contributed by atoms with Gasteiger partial charge in [-0.3, -0.25) is 18.9 Å². The molecule has 0 saturated carbocycles. The number of nitrogens with one attached hydrogen (secondary N) is 2. The molecule has 0 bridgehead atoms. The number of ether oxygens (including phenoxy) is 1. The second-order valence-electron chi connectivity index (χ2n) is 7.78. The number of aliphatic hydroxyl groups is 2. The molecule has 1 saturated heterocycles. The summed E-state index contributed by atoms with van der Waals surface area (Å²) in [6, 6.07) is 0. The molecule has 166 valence electrons. The molecule has 29 heavy (non-hydrogen) atoms. The minimum absolute atomic E-state index is 0.0832. The fraction of sp³-hybridized carbons (Fsp3) is 0.688. The van der Waals surface area contributed by atoms with E-state index in [0.29, 0.717) is 6.42 Å². The topological polar surface area (TPSA) is 171 Å². The van der Waals surface area contributed by atoms with Crippen LogP contribution in [0.3, 0.4) is 0 Å². The average molecular weight is 453 g/mol. The van der Waals surface area contributed by atoms with Crippen LogP contribution in [0.15, 0.2) is 15.8 Å². The summed E-state index contributed by atoms with van der Waals surface area (Å²) < 4.78 is 36.9. The monoisotopic (exact) mass is 453 g/mol. The molecule has 0 aliphatic carbocycles. The minimum Gasteiger partial charge on any atom is -0.388 e. The average Bonchev–Trinajstić information content (AvgIpc) is 2.85. The maximum Gasteiger partial charge on any atom is 0.330 e. The molecular weight excluding hydrogens is 425 g/mol. The molecule has 0 aromatic carbocycles. The number of aliphatic hydroxyl groups excluding tert-OH is 2. The van der Waals surface area contributed by atoms with E-state index in [-0.39, 0.29) is 18.7 Å². The Hall–Kier alpha value is -1.27. The van der Waals surface area contributed by atoms with E-state index in [1.165, 1.54) is 6.20 Å². The highest BCUT2D eigenvalue weighted by Gasteiger charge is 2.44. The molecule has 2 rings (SSSR count). The van der Waals surface area contributed by atoms with Crippen molar-refractivity contribution in [1.82, 2.24) is 14.9 Å². The van der Waals surface area contributed by atoms with Gasteiger partial charge in [-0.25, -0.2) is 4.79 Å². The van der Waals surface area contributed by atoms with Gasteiger partial charge in [-0.2, -0.15) is 8.42 Å². The van der Waals surface area contributed by atoms with Crippen LogP contribution in [0.4, 0.5) is 0 Å². The first-order valence-corrected chi connectivity index (χ1v) is 13.6. The van der Waals surface area contributed by atoms with E-state index in [4.69, 9.17) is 9.29 Å². The van der Waals surface area contributed by atoms with Gasteiger partial charge in [0.05, 0.1) is 11.9 Å². The van der Waals surface area contributed by atoms with Gasteiger partial charge in [-0.15, -0.1) is 13.2 Å². The van der Waals surface area contributed by atoms with Crippen molar-refractivity contribution in [2.24, 2.45) is 0 Å². The van der Waals surface area contributed by atoms with Crippen molar-refractivity contribution < 1.29 is 27.9 Å². The fourth-order valence-corrected chi connectivity index (χ4v) is 4.30. The molecule has 11 nitrogen and oxygen atoms in total. The highest BCUT2D eigenvalue weighted by Crippen LogP contribution is 2.39. The number of aromatic nitrogens is 2. The molecular formula is C16H28N3O8PS. The maximum absolute atomic E-state index is 12.2. The first kappa shape index (κ1) is 24.0.